The van der Waals surface area contributed by atoms with Crippen LogP contribution in [0.25, 0.3) is 10.9 Å². The highest BCUT2D eigenvalue weighted by Gasteiger charge is 2.52. The van der Waals surface area contributed by atoms with Crippen molar-refractivity contribution in [1.29, 1.82) is 0 Å². The van der Waals surface area contributed by atoms with E-state index in [0.717, 1.165) is 0 Å². The van der Waals surface area contributed by atoms with Crippen LogP contribution in [0, 0.1) is 11.8 Å². The lowest BCUT2D eigenvalue weighted by molar-refractivity contribution is -0.256. The topological polar surface area (TPSA) is 527 Å². The number of aromatic amines is 2. The van der Waals surface area contributed by atoms with Crippen LogP contribution in [0.15, 0.2) is 73.5 Å². The number of rotatable bonds is 37. The van der Waals surface area contributed by atoms with E-state index in [2.05, 4.69) is 52.2 Å². The maximum atomic E-state index is 14.5. The largest absolute Gasteiger partial charge is 0.507 e. The third-order valence-electron chi connectivity index (χ3n) is 21.0. The van der Waals surface area contributed by atoms with Gasteiger partial charge in [0.1, 0.15) is 59.2 Å². The highest BCUT2D eigenvalue weighted by Crippen LogP contribution is 2.53. The number of thioether (sulfide) groups is 1. The molecule has 2 fully saturated rings. The van der Waals surface area contributed by atoms with Gasteiger partial charge < -0.3 is 103 Å². The summed E-state index contributed by atoms with van der Waals surface area (Å²) in [4.78, 5) is 193. The highest BCUT2D eigenvalue weighted by atomic mass is 32.2. The maximum Gasteiger partial charge on any atom is 0.306 e. The summed E-state index contributed by atoms with van der Waals surface area (Å²) in [6, 6.07) is 2.97. The molecule has 0 saturated carbocycles. The number of benzene rings is 3. The van der Waals surface area contributed by atoms with Gasteiger partial charge in [0.2, 0.25) is 64.7 Å². The molecule has 0 radical (unpaired) electrons. The van der Waals surface area contributed by atoms with Crippen LogP contribution in [-0.2, 0) is 86.2 Å². The number of primary amides is 2. The van der Waals surface area contributed by atoms with Crippen LogP contribution in [0.4, 0.5) is 0 Å². The number of fused-ring (bicyclic) bond motifs is 4. The van der Waals surface area contributed by atoms with Gasteiger partial charge in [-0.05, 0) is 75.3 Å². The van der Waals surface area contributed by atoms with Crippen LogP contribution in [-0.4, -0.2) is 239 Å². The number of hydrogen-bond donors (Lipinski definition) is 15. The number of aliphatic hydroxyl groups excluding tert-OH is 1. The fourth-order valence-corrected chi connectivity index (χ4v) is 16.2. The molecule has 2 aliphatic carbocycles. The van der Waals surface area contributed by atoms with Gasteiger partial charge >= 0.3 is 5.97 Å². The summed E-state index contributed by atoms with van der Waals surface area (Å²) in [6.07, 6.45) is 1.32. The number of aliphatic hydroxyl groups is 2. The number of methoxy groups -OCH3 is 1. The van der Waals surface area contributed by atoms with E-state index in [4.69, 9.17) is 30.4 Å². The Morgan fingerprint density at radius 1 is 0.798 bits per heavy atom. The molecule has 5 aromatic rings. The molecule has 0 bridgehead atoms. The van der Waals surface area contributed by atoms with Crippen LogP contribution in [0.2, 0.25) is 0 Å². The van der Waals surface area contributed by atoms with E-state index >= 15 is 0 Å². The molecule has 36 heteroatoms. The predicted molar refractivity (Wildman–Crippen MR) is 410 cm³/mol. The number of hydrogen-bond acceptors (Lipinski definition) is 25. The van der Waals surface area contributed by atoms with Crippen LogP contribution in [0.3, 0.4) is 0 Å². The minimum Gasteiger partial charge on any atom is -0.507 e. The van der Waals surface area contributed by atoms with Crippen LogP contribution >= 0.6 is 11.8 Å². The second-order valence-corrected chi connectivity index (χ2v) is 31.2. The number of carbonyl (C=O) groups is 13. The Balaban J connectivity index is 0.758. The molecule has 5 aliphatic rings. The van der Waals surface area contributed by atoms with Crippen LogP contribution < -0.4 is 53.4 Å². The van der Waals surface area contributed by atoms with Crippen LogP contribution in [0.5, 0.6) is 17.2 Å². The lowest BCUT2D eigenvalue weighted by Gasteiger charge is -2.44. The lowest BCUT2D eigenvalue weighted by Crippen LogP contribution is -2.59. The molecule has 35 nitrogen and oxygen atoms in total. The van der Waals surface area contributed by atoms with E-state index in [0.29, 0.717) is 59.7 Å². The standard InChI is InChI=1S/C78H100N14O21S/c1-38(2)24-44(33-92-37-114-35-53(92)72(80)103)86-76(107)51(26-43-31-81-36-84-43)88-59(96)32-83-77(108)66(39(3)4)90-73(104)40(5)85-75(106)50(25-42-30-82-48-16-9-8-14-45(42)48)89-74(105)49(20-21-57(79)94)87-58(95)18-13-19-60(97)111-34-56(93)78(109)28-47-63(55(29-78)113-61-27-52(67(98)41(6)112-61)91-22-10-11-23-91)71(102)65-64(69(47)100)68(99)46-15-12-17-54(110-7)62(46)70(65)101/h8-10,12,14-17,22,30-31,36,38-41,44,49-53,55,61,66-67,82,98,100,102,109H,11,13,18-21,23-29,32-35,37H2,1-7H3,(H2,79,94)(H2,80,103)(H,81,84)(H,83,108)(H,85,106)(H,86,107)(H,87,95)(H,88,96)(H,89,105)(H,90,104)/t40-,41-,44-,49-,50-,51-,52-,53?,55-,61-,66-,67+,78-/m0/s1. The fourth-order valence-electron chi connectivity index (χ4n) is 15.0. The summed E-state index contributed by atoms with van der Waals surface area (Å²) in [7, 11) is 1.29. The van der Waals surface area contributed by atoms with Gasteiger partial charge in [-0.2, -0.15) is 0 Å². The number of nitrogens with zero attached hydrogens (tertiary/aromatic N) is 3. The Bertz CT molecular complexity index is 4490. The van der Waals surface area contributed by atoms with Crippen molar-refractivity contribution in [1.82, 2.24) is 62.0 Å². The number of Topliss-reactive ketones (excluding diaryl/α,β-unsaturated/α-hetero) is 1. The zero-order valence-electron chi connectivity index (χ0n) is 64.4. The summed E-state index contributed by atoms with van der Waals surface area (Å²) >= 11 is 1.55. The summed E-state index contributed by atoms with van der Waals surface area (Å²) < 4.78 is 23.3. The number of ether oxygens (including phenoxy) is 4. The lowest BCUT2D eigenvalue weighted by atomic mass is 9.72. The quantitative estimate of drug-likeness (QED) is 0.0187. The molecule has 3 aromatic carbocycles. The number of phenolic OH excluding ortho intramolecular Hbond substituents is 2. The molecule has 614 valence electrons. The van der Waals surface area contributed by atoms with Gasteiger partial charge in [-0.15, -0.1) is 11.8 Å². The van der Waals surface area contributed by atoms with Crippen LogP contribution in [0.1, 0.15) is 160 Å². The molecular weight excluding hydrogens is 1500 g/mol. The van der Waals surface area contributed by atoms with Crippen molar-refractivity contribution < 1.29 is 102 Å². The van der Waals surface area contributed by atoms with Gasteiger partial charge in [0, 0.05) is 128 Å². The molecular formula is C78H100N14O21S. The molecule has 10 rings (SSSR count). The normalized spacial score (nSPS) is 21.4. The number of para-hydroxylation sites is 1. The number of esters is 1. The first kappa shape index (κ1) is 85.6. The van der Waals surface area contributed by atoms with Gasteiger partial charge in [-0.3, -0.25) is 67.2 Å². The van der Waals surface area contributed by atoms with E-state index < -0.39 is 229 Å². The molecule has 17 N–H and O–H groups in total. The monoisotopic (exact) mass is 1600 g/mol. The Morgan fingerprint density at radius 2 is 1.52 bits per heavy atom. The number of nitrogens with one attached hydrogen (secondary N) is 9. The average Bonchev–Trinajstić information content (AvgIpc) is 1.01. The number of H-pyrrole nitrogens is 2. The minimum absolute atomic E-state index is 0.00704. The molecule has 9 amide bonds. The smallest absolute Gasteiger partial charge is 0.306 e. The number of nitrogens with two attached hydrogens (primary N) is 2. The highest BCUT2D eigenvalue weighted by molar-refractivity contribution is 7.99. The van der Waals surface area contributed by atoms with Crippen molar-refractivity contribution >= 4 is 99.1 Å². The number of ketones is 3. The first-order valence-corrected chi connectivity index (χ1v) is 39.1. The minimum atomic E-state index is -2.56. The van der Waals surface area contributed by atoms with E-state index in [9.17, 15) is 82.8 Å². The number of aromatic nitrogens is 3. The molecule has 5 heterocycles. The first-order chi connectivity index (χ1) is 54.2. The Hall–Kier alpha value is -10.8. The Kier molecular flexibility index (Phi) is 28.5. The third-order valence-corrected chi connectivity index (χ3v) is 22.1. The summed E-state index contributed by atoms with van der Waals surface area (Å²) in [6.45, 7) is 9.37. The first-order valence-electron chi connectivity index (χ1n) is 37.9. The summed E-state index contributed by atoms with van der Waals surface area (Å²) in [5.41, 5.74) is 8.30. The fraction of sp³-hybridized carbons (Fsp3) is 0.513. The van der Waals surface area contributed by atoms with Gasteiger partial charge in [0.25, 0.3) is 0 Å². The van der Waals surface area contributed by atoms with Crippen molar-refractivity contribution in [3.05, 3.63) is 118 Å². The summed E-state index contributed by atoms with van der Waals surface area (Å²) in [5.74, 6) is -11.8. The van der Waals surface area contributed by atoms with E-state index in [-0.39, 0.29) is 66.0 Å². The van der Waals surface area contributed by atoms with Gasteiger partial charge in [-0.1, -0.05) is 64.1 Å². The zero-order chi connectivity index (χ0) is 82.6. The molecule has 1 unspecified atom stereocenters. The van der Waals surface area contributed by atoms with Crippen molar-refractivity contribution in [3.8, 4) is 17.2 Å². The Labute approximate surface area is 660 Å². The number of aromatic hydroxyl groups is 2. The molecule has 2 aromatic heterocycles. The van der Waals surface area contributed by atoms with Crippen molar-refractivity contribution in [3.63, 3.8) is 0 Å². The van der Waals surface area contributed by atoms with E-state index in [1.54, 1.807) is 63.0 Å². The molecule has 2 saturated heterocycles. The molecule has 13 atom stereocenters. The van der Waals surface area contributed by atoms with Crippen molar-refractivity contribution in [2.24, 2.45) is 23.3 Å². The van der Waals surface area contributed by atoms with Crippen molar-refractivity contribution in [2.45, 2.75) is 197 Å². The SMILES string of the molecule is COc1cccc2c1C(=O)c1c(O)c3c(c(O)c1C2=O)C[C@@](O)(C(=O)COC(=O)CCCC(=O)N[C@@H](CCC(N)=O)C(=O)N[C@@H](Cc1c[nH]c2ccccc12)C(=O)N[C@@H](C)C(=O)N[C@H](C(=O)NCC(=O)N[C@@H](Cc1cnc[nH]1)C(=O)N[C@@H](CC(C)C)CN1CSCC1C(N)=O)C(C)C)C[C@@H]3O[C@H]1C[C@H](N2C=CCC2)[C@H](O)[C@H](C)O1. The number of amides is 9. The molecule has 3 aliphatic heterocycles. The second kappa shape index (κ2) is 37.9. The average molecular weight is 1600 g/mol. The predicted octanol–water partition coefficient (Wildman–Crippen LogP) is 0.546. The number of carbonyl (C=O) groups excluding carboxylic acids is 13. The zero-order valence-corrected chi connectivity index (χ0v) is 65.2. The van der Waals surface area contributed by atoms with Gasteiger partial charge in [0.15, 0.2) is 18.7 Å². The molecule has 0 spiro atoms. The second-order valence-electron chi connectivity index (χ2n) is 30.2. The van der Waals surface area contributed by atoms with Gasteiger partial charge in [0.05, 0.1) is 61.0 Å². The number of imidazole rings is 1. The van der Waals surface area contributed by atoms with E-state index in [1.807, 2.05) is 35.9 Å². The number of phenols is 2. The molecule has 114 heavy (non-hydrogen) atoms. The van der Waals surface area contributed by atoms with Crippen molar-refractivity contribution in [2.75, 3.05) is 45.0 Å². The van der Waals surface area contributed by atoms with Gasteiger partial charge in [-0.25, -0.2) is 4.98 Å². The van der Waals surface area contributed by atoms with E-state index in [1.165, 1.54) is 44.8 Å². The summed E-state index contributed by atoms with van der Waals surface area (Å²) in [5, 5.41) is 67.3. The Morgan fingerprint density at radius 3 is 2.21 bits per heavy atom. The maximum absolute atomic E-state index is 14.5. The third kappa shape index (κ3) is 20.6.